The second-order valence-corrected chi connectivity index (χ2v) is 3.57. The van der Waals surface area contributed by atoms with Gasteiger partial charge in [-0.15, -0.1) is 0 Å². The van der Waals surface area contributed by atoms with Crippen molar-refractivity contribution < 1.29 is 9.21 Å². The number of rotatable bonds is 3. The SMILES string of the molecule is Cc1c(N=[N+]=[N-])cccc1NC(=O)c1ccco1. The lowest BCUT2D eigenvalue weighted by atomic mass is 10.1. The maximum Gasteiger partial charge on any atom is 0.291 e. The molecule has 6 nitrogen and oxygen atoms in total. The van der Waals surface area contributed by atoms with Crippen molar-refractivity contribution in [2.75, 3.05) is 5.32 Å². The number of carbonyl (C=O) groups excluding carboxylic acids is 1. The van der Waals surface area contributed by atoms with Crippen LogP contribution in [0.2, 0.25) is 0 Å². The highest BCUT2D eigenvalue weighted by molar-refractivity contribution is 6.02. The molecule has 2 aromatic rings. The molecule has 0 fully saturated rings. The van der Waals surface area contributed by atoms with Crippen LogP contribution in [0.5, 0.6) is 0 Å². The van der Waals surface area contributed by atoms with Crippen LogP contribution in [-0.2, 0) is 0 Å². The van der Waals surface area contributed by atoms with Gasteiger partial charge < -0.3 is 9.73 Å². The zero-order valence-electron chi connectivity index (χ0n) is 9.62. The van der Waals surface area contributed by atoms with E-state index >= 15 is 0 Å². The topological polar surface area (TPSA) is 91.0 Å². The molecule has 2 rings (SSSR count). The van der Waals surface area contributed by atoms with Crippen molar-refractivity contribution >= 4 is 17.3 Å². The molecule has 0 radical (unpaired) electrons. The zero-order valence-corrected chi connectivity index (χ0v) is 9.62. The molecular formula is C12H10N4O2. The molecule has 1 amide bonds. The predicted molar refractivity (Wildman–Crippen MR) is 66.6 cm³/mol. The average molecular weight is 242 g/mol. The van der Waals surface area contributed by atoms with Crippen LogP contribution in [0, 0.1) is 6.92 Å². The largest absolute Gasteiger partial charge is 0.459 e. The fourth-order valence-corrected chi connectivity index (χ4v) is 1.51. The number of amides is 1. The van der Waals surface area contributed by atoms with E-state index in [0.29, 0.717) is 16.9 Å². The lowest BCUT2D eigenvalue weighted by molar-refractivity contribution is 0.0996. The van der Waals surface area contributed by atoms with E-state index in [1.807, 2.05) is 0 Å². The van der Waals surface area contributed by atoms with Crippen LogP contribution in [0.4, 0.5) is 11.4 Å². The molecule has 1 N–H and O–H groups in total. The van der Waals surface area contributed by atoms with Gasteiger partial charge in [0.05, 0.1) is 6.26 Å². The van der Waals surface area contributed by atoms with Gasteiger partial charge in [0.1, 0.15) is 0 Å². The molecule has 90 valence electrons. The summed E-state index contributed by atoms with van der Waals surface area (Å²) in [5, 5.41) is 6.24. The quantitative estimate of drug-likeness (QED) is 0.504. The molecule has 0 saturated carbocycles. The molecule has 1 aromatic heterocycles. The first-order chi connectivity index (χ1) is 8.72. The second-order valence-electron chi connectivity index (χ2n) is 3.57. The number of furan rings is 1. The molecule has 0 atom stereocenters. The van der Waals surface area contributed by atoms with E-state index in [1.165, 1.54) is 6.26 Å². The van der Waals surface area contributed by atoms with Crippen molar-refractivity contribution in [3.63, 3.8) is 0 Å². The lowest BCUT2D eigenvalue weighted by Gasteiger charge is -2.08. The Morgan fingerprint density at radius 1 is 1.39 bits per heavy atom. The number of nitrogens with one attached hydrogen (secondary N) is 1. The van der Waals surface area contributed by atoms with Gasteiger partial charge >= 0.3 is 0 Å². The van der Waals surface area contributed by atoms with Crippen LogP contribution >= 0.6 is 0 Å². The summed E-state index contributed by atoms with van der Waals surface area (Å²) in [5.41, 5.74) is 10.2. The van der Waals surface area contributed by atoms with Crippen LogP contribution in [0.15, 0.2) is 46.1 Å². The Morgan fingerprint density at radius 2 is 2.22 bits per heavy atom. The van der Waals surface area contributed by atoms with E-state index in [-0.39, 0.29) is 11.7 Å². The highest BCUT2D eigenvalue weighted by Crippen LogP contribution is 2.26. The Balaban J connectivity index is 2.27. The smallest absolute Gasteiger partial charge is 0.291 e. The Labute approximate surface area is 103 Å². The Morgan fingerprint density at radius 3 is 2.89 bits per heavy atom. The number of hydrogen-bond acceptors (Lipinski definition) is 3. The van der Waals surface area contributed by atoms with Gasteiger partial charge in [-0.1, -0.05) is 17.2 Å². The van der Waals surface area contributed by atoms with Crippen molar-refractivity contribution in [1.82, 2.24) is 0 Å². The van der Waals surface area contributed by atoms with Gasteiger partial charge in [-0.25, -0.2) is 0 Å². The summed E-state index contributed by atoms with van der Waals surface area (Å²) < 4.78 is 4.99. The van der Waals surface area contributed by atoms with Crippen molar-refractivity contribution in [2.24, 2.45) is 5.11 Å². The summed E-state index contributed by atoms with van der Waals surface area (Å²) in [7, 11) is 0. The summed E-state index contributed by atoms with van der Waals surface area (Å²) >= 11 is 0. The summed E-state index contributed by atoms with van der Waals surface area (Å²) in [5.74, 6) is -0.121. The van der Waals surface area contributed by atoms with Crippen LogP contribution < -0.4 is 5.32 Å². The van der Waals surface area contributed by atoms with Gasteiger partial charge in [0.25, 0.3) is 5.91 Å². The molecule has 0 unspecified atom stereocenters. The van der Waals surface area contributed by atoms with E-state index in [2.05, 4.69) is 15.3 Å². The number of hydrogen-bond donors (Lipinski definition) is 1. The molecule has 1 aromatic carbocycles. The monoisotopic (exact) mass is 242 g/mol. The minimum atomic E-state index is -0.346. The minimum Gasteiger partial charge on any atom is -0.459 e. The van der Waals surface area contributed by atoms with Gasteiger partial charge in [-0.3, -0.25) is 4.79 Å². The fraction of sp³-hybridized carbons (Fsp3) is 0.0833. The van der Waals surface area contributed by atoms with Gasteiger partial charge in [0.2, 0.25) is 0 Å². The molecule has 0 saturated heterocycles. The third-order valence-electron chi connectivity index (χ3n) is 2.45. The third kappa shape index (κ3) is 2.34. The van der Waals surface area contributed by atoms with E-state index in [9.17, 15) is 4.79 Å². The highest BCUT2D eigenvalue weighted by Gasteiger charge is 2.10. The first-order valence-corrected chi connectivity index (χ1v) is 5.22. The maximum absolute atomic E-state index is 11.8. The Hall–Kier alpha value is -2.72. The second kappa shape index (κ2) is 5.07. The summed E-state index contributed by atoms with van der Waals surface area (Å²) in [4.78, 5) is 14.5. The van der Waals surface area contributed by atoms with Gasteiger partial charge in [0.15, 0.2) is 5.76 Å². The normalized spacial score (nSPS) is 9.61. The number of carbonyl (C=O) groups is 1. The number of azide groups is 1. The van der Waals surface area contributed by atoms with Crippen molar-refractivity contribution in [1.29, 1.82) is 0 Å². The van der Waals surface area contributed by atoms with Gasteiger partial charge in [-0.05, 0) is 36.2 Å². The van der Waals surface area contributed by atoms with Crippen LogP contribution in [0.1, 0.15) is 16.1 Å². The number of nitrogens with zero attached hydrogens (tertiary/aromatic N) is 3. The first-order valence-electron chi connectivity index (χ1n) is 5.22. The average Bonchev–Trinajstić information content (AvgIpc) is 2.88. The van der Waals surface area contributed by atoms with Crippen molar-refractivity contribution in [2.45, 2.75) is 6.92 Å². The lowest BCUT2D eigenvalue weighted by Crippen LogP contribution is -2.11. The van der Waals surface area contributed by atoms with Gasteiger partial charge in [0, 0.05) is 16.3 Å². The standard InChI is InChI=1S/C12H10N4O2/c1-8-9(4-2-5-10(8)15-16-13)14-12(17)11-6-3-7-18-11/h2-7H,1H3,(H,14,17). The molecule has 0 bridgehead atoms. The summed E-state index contributed by atoms with van der Waals surface area (Å²) in [6, 6.07) is 8.32. The molecule has 6 heteroatoms. The zero-order chi connectivity index (χ0) is 13.0. The van der Waals surface area contributed by atoms with E-state index in [1.54, 1.807) is 37.3 Å². The first kappa shape index (κ1) is 11.8. The highest BCUT2D eigenvalue weighted by atomic mass is 16.3. The molecule has 0 spiro atoms. The minimum absolute atomic E-state index is 0.226. The molecule has 18 heavy (non-hydrogen) atoms. The number of benzene rings is 1. The van der Waals surface area contributed by atoms with Crippen molar-refractivity contribution in [3.05, 3.63) is 58.4 Å². The van der Waals surface area contributed by atoms with Crippen LogP contribution in [0.3, 0.4) is 0 Å². The number of anilines is 1. The predicted octanol–water partition coefficient (Wildman–Crippen LogP) is 3.78. The third-order valence-corrected chi connectivity index (χ3v) is 2.45. The van der Waals surface area contributed by atoms with Gasteiger partial charge in [-0.2, -0.15) is 0 Å². The van der Waals surface area contributed by atoms with E-state index < -0.39 is 0 Å². The molecule has 0 aliphatic carbocycles. The molecule has 1 heterocycles. The van der Waals surface area contributed by atoms with E-state index in [0.717, 1.165) is 0 Å². The van der Waals surface area contributed by atoms with Crippen LogP contribution in [-0.4, -0.2) is 5.91 Å². The van der Waals surface area contributed by atoms with E-state index in [4.69, 9.17) is 9.95 Å². The fourth-order valence-electron chi connectivity index (χ4n) is 1.51. The summed E-state index contributed by atoms with van der Waals surface area (Å²) in [6.07, 6.45) is 1.43. The Kier molecular flexibility index (Phi) is 3.31. The summed E-state index contributed by atoms with van der Waals surface area (Å²) in [6.45, 7) is 1.77. The molecular weight excluding hydrogens is 232 g/mol. The maximum atomic E-state index is 11.8. The molecule has 0 aliphatic heterocycles. The van der Waals surface area contributed by atoms with Crippen LogP contribution in [0.25, 0.3) is 10.4 Å². The Bertz CT molecular complexity index is 613. The molecule has 0 aliphatic rings. The van der Waals surface area contributed by atoms with Crippen molar-refractivity contribution in [3.8, 4) is 0 Å².